The van der Waals surface area contributed by atoms with Crippen molar-refractivity contribution in [3.8, 4) is 57.3 Å². The molecule has 1 saturated heterocycles. The molecule has 2 aromatic heterocycles. The number of rotatable bonds is 10. The van der Waals surface area contributed by atoms with Crippen molar-refractivity contribution in [2.75, 3.05) is 51.5 Å². The molecule has 10 aliphatic rings. The van der Waals surface area contributed by atoms with Crippen LogP contribution in [-0.4, -0.2) is 85.0 Å². The zero-order valence-corrected chi connectivity index (χ0v) is 60.4. The number of hydrogen-bond donors (Lipinski definition) is 7. The van der Waals surface area contributed by atoms with Gasteiger partial charge in [0.05, 0.1) is 38.2 Å². The molecule has 9 N–H and O–H groups in total. The fourth-order valence-corrected chi connectivity index (χ4v) is 22.6. The lowest BCUT2D eigenvalue weighted by Crippen LogP contribution is -2.63. The Kier molecular flexibility index (Phi) is 16.3. The summed E-state index contributed by atoms with van der Waals surface area (Å²) in [5.41, 5.74) is 25.8. The number of ether oxygens (including phenoxy) is 3. The summed E-state index contributed by atoms with van der Waals surface area (Å²) in [7, 11) is 1.54. The molecule has 5 fully saturated rings. The smallest absolute Gasteiger partial charge is 0.204 e. The summed E-state index contributed by atoms with van der Waals surface area (Å²) >= 11 is 0. The van der Waals surface area contributed by atoms with E-state index in [0.717, 1.165) is 91.7 Å². The molecule has 6 aliphatic carbocycles. The number of phenols is 1. The zero-order chi connectivity index (χ0) is 71.8. The maximum atomic E-state index is 15.2. The Balaban J connectivity index is 0.839. The molecule has 8 aromatic carbocycles. The third-order valence-electron chi connectivity index (χ3n) is 27.3. The minimum absolute atomic E-state index is 0.00567. The number of piperazine rings is 1. The van der Waals surface area contributed by atoms with E-state index in [4.69, 9.17) is 35.1 Å². The van der Waals surface area contributed by atoms with Gasteiger partial charge >= 0.3 is 0 Å². The Morgan fingerprint density at radius 2 is 1.69 bits per heavy atom. The van der Waals surface area contributed by atoms with Gasteiger partial charge in [0.2, 0.25) is 5.75 Å². The number of hydrogen-bond acceptors (Lipinski definition) is 11. The lowest BCUT2D eigenvalue weighted by atomic mass is 9.46. The maximum Gasteiger partial charge on any atom is 0.204 e. The first kappa shape index (κ1) is 66.6. The lowest BCUT2D eigenvalue weighted by molar-refractivity contribution is 0.0815. The van der Waals surface area contributed by atoms with Gasteiger partial charge in [-0.2, -0.15) is 0 Å². The largest absolute Gasteiger partial charge is 0.508 e. The normalized spacial score (nSPS) is 26.7. The van der Waals surface area contributed by atoms with Crippen LogP contribution < -0.4 is 41.3 Å². The fourth-order valence-electron chi connectivity index (χ4n) is 22.6. The van der Waals surface area contributed by atoms with Crippen LogP contribution in [0.1, 0.15) is 121 Å². The molecule has 4 aliphatic heterocycles. The molecule has 3 spiro atoms. The first-order valence-electron chi connectivity index (χ1n) is 38.8. The Bertz CT molecular complexity index is 5400. The molecule has 6 heterocycles. The van der Waals surface area contributed by atoms with E-state index in [9.17, 15) is 15.3 Å². The molecule has 11 atom stereocenters. The van der Waals surface area contributed by atoms with E-state index in [1.165, 1.54) is 74.8 Å². The van der Waals surface area contributed by atoms with Gasteiger partial charge in [-0.25, -0.2) is 4.99 Å². The number of aliphatic imine (C=N–C) groups is 1. The van der Waals surface area contributed by atoms with E-state index >= 15 is 4.79 Å². The van der Waals surface area contributed by atoms with Crippen molar-refractivity contribution in [1.82, 2.24) is 10.3 Å². The molecule has 106 heavy (non-hydrogen) atoms. The summed E-state index contributed by atoms with van der Waals surface area (Å²) in [4.78, 5) is 27.6. The minimum atomic E-state index is -0.886. The highest BCUT2D eigenvalue weighted by Gasteiger charge is 2.73. The third-order valence-corrected chi connectivity index (χ3v) is 27.3. The number of aromatic hydroxyl groups is 1. The van der Waals surface area contributed by atoms with Crippen LogP contribution in [0.4, 0.5) is 11.5 Å². The number of nitrogens with two attached hydrogens (primary N) is 2. The van der Waals surface area contributed by atoms with Crippen LogP contribution in [0.15, 0.2) is 178 Å². The lowest BCUT2D eigenvalue weighted by Gasteiger charge is -2.57. The van der Waals surface area contributed by atoms with Crippen molar-refractivity contribution >= 4 is 62.1 Å². The van der Waals surface area contributed by atoms with Crippen molar-refractivity contribution in [2.24, 2.45) is 57.4 Å². The SMILES string of the molecule is COc1c2c(c3oc(-c4ccc(O)cc4)cc(=O)c3c1OCC[C@@H](O)/C=C/c1ccccc1)CCc1cccc(c1)-c1cc3[nH]c1N1CCNC[C@@H]1[C@]1(C[C@@]45c6c(ccc7cc8ccccc8c(c67)CC46CCCC6)C=C[C@@H]5[C@H]1C#C[C@H]1CC[C@@H]4CC[C@H]1[C@]34C)c1ccc(c(N=C(N)N)c1)C[C@@H](CO)CO2. The number of allylic oxidation sites excluding steroid dienone is 1. The molecular formula is C92H92N6O8. The molecule has 20 rings (SSSR count). The highest BCUT2D eigenvalue weighted by Crippen LogP contribution is 2.75. The number of aromatic amines is 1. The fraction of sp³-hybridized carbons (Fsp3) is 0.370. The van der Waals surface area contributed by atoms with Gasteiger partial charge < -0.3 is 60.6 Å². The van der Waals surface area contributed by atoms with Crippen LogP contribution in [0.25, 0.3) is 67.1 Å². The van der Waals surface area contributed by atoms with Gasteiger partial charge in [0, 0.05) is 101 Å². The molecule has 4 saturated carbocycles. The number of phenolic OH excluding ortho intramolecular Hbond substituents is 1. The van der Waals surface area contributed by atoms with Crippen LogP contribution in [0.3, 0.4) is 0 Å². The Morgan fingerprint density at radius 3 is 2.53 bits per heavy atom. The molecule has 11 bridgehead atoms. The molecule has 0 radical (unpaired) electrons. The molecule has 0 unspecified atom stereocenters. The van der Waals surface area contributed by atoms with E-state index in [-0.39, 0.29) is 112 Å². The predicted molar refractivity (Wildman–Crippen MR) is 421 cm³/mol. The number of H-pyrrole nitrogens is 1. The molecule has 14 nitrogen and oxygen atoms in total. The summed E-state index contributed by atoms with van der Waals surface area (Å²) in [6.45, 7) is 4.53. The standard InChI is InChI=1S/C92H92N6O8/c1-89-64-27-21-57(72(89)36-29-64)25-34-73-74-35-26-59-19-20-63-45-61-14-6-7-16-68(61)71-49-90(38-8-9-39-90)92(74,82(59)80(63)71)53-91(73)65-28-22-62(75(46-65)96-88(93)94)44-56(51-99)52-105-84-69(33-18-55-13-10-15-60(43-55)70-47-78(89)97-87(70)98-41-40-95-50-79(91)98)83-81(76(102)48-77(106-83)58-23-31-66(100)32-24-58)85(86(84)103-2)104-42-37-67(101)30-17-54-11-4-3-5-12-54/h3-7,10-17,19-20,22-24,26,28,30-32,35,43,45-48,56-57,64,67,72-74,79,95,97,99-101H,8-9,18,21,27,29,33,36-42,44,49-53H2,1-2H3,(H4,93,94,96)/b30-17+/t56-,57+,64+,67-,72+,73+,74+,79+,89+,91+,92+/m0/s1. The van der Waals surface area contributed by atoms with E-state index in [1.807, 2.05) is 36.4 Å². The summed E-state index contributed by atoms with van der Waals surface area (Å²) in [5.74, 6) is 11.3. The summed E-state index contributed by atoms with van der Waals surface area (Å²) < 4.78 is 27.5. The van der Waals surface area contributed by atoms with Crippen LogP contribution in [0, 0.1) is 52.8 Å². The van der Waals surface area contributed by atoms with Gasteiger partial charge in [0.1, 0.15) is 28.3 Å². The number of nitrogens with zero attached hydrogens (tertiary/aromatic N) is 2. The summed E-state index contributed by atoms with van der Waals surface area (Å²) in [6, 6.07) is 52.7. The second-order valence-electron chi connectivity index (χ2n) is 32.4. The Labute approximate surface area is 618 Å². The number of aryl methyl sites for hydroxylation is 2. The molecule has 538 valence electrons. The first-order chi connectivity index (χ1) is 51.8. The number of aromatic nitrogens is 1. The monoisotopic (exact) mass is 1410 g/mol. The number of aliphatic hydroxyl groups is 2. The van der Waals surface area contributed by atoms with Crippen LogP contribution in [0.5, 0.6) is 23.0 Å². The average molecular weight is 1410 g/mol. The second kappa shape index (κ2) is 25.9. The maximum absolute atomic E-state index is 15.2. The van der Waals surface area contributed by atoms with Crippen LogP contribution in [-0.2, 0) is 41.9 Å². The minimum Gasteiger partial charge on any atom is -0.508 e. The highest BCUT2D eigenvalue weighted by atomic mass is 16.5. The van der Waals surface area contributed by atoms with Crippen LogP contribution >= 0.6 is 0 Å². The quantitative estimate of drug-likeness (QED) is 0.0295. The van der Waals surface area contributed by atoms with E-state index in [2.05, 4.69) is 137 Å². The third kappa shape index (κ3) is 10.4. The van der Waals surface area contributed by atoms with Gasteiger partial charge in [0.25, 0.3) is 0 Å². The molecule has 0 amide bonds. The Hall–Kier alpha value is -10.0. The zero-order valence-electron chi connectivity index (χ0n) is 60.4. The van der Waals surface area contributed by atoms with Crippen molar-refractivity contribution < 1.29 is 33.9 Å². The summed E-state index contributed by atoms with van der Waals surface area (Å²) in [5, 5.41) is 43.4. The number of nitrogens with one attached hydrogen (secondary N) is 2. The number of anilines is 1. The number of fused-ring (bicyclic) bond motifs is 11. The van der Waals surface area contributed by atoms with Crippen molar-refractivity contribution in [3.63, 3.8) is 0 Å². The van der Waals surface area contributed by atoms with E-state index < -0.39 is 17.4 Å². The highest BCUT2D eigenvalue weighted by molar-refractivity contribution is 6.06. The van der Waals surface area contributed by atoms with Gasteiger partial charge in [-0.1, -0.05) is 159 Å². The molecule has 10 aromatic rings. The second-order valence-corrected chi connectivity index (χ2v) is 32.4. The average Bonchev–Trinajstić information content (AvgIpc) is 1.47. The predicted octanol–water partition coefficient (Wildman–Crippen LogP) is 15.7. The van der Waals surface area contributed by atoms with Gasteiger partial charge in [-0.3, -0.25) is 4.79 Å². The van der Waals surface area contributed by atoms with Crippen molar-refractivity contribution in [1.29, 1.82) is 0 Å². The number of aliphatic hydroxyl groups excluding tert-OH is 2. The van der Waals surface area contributed by atoms with E-state index in [0.29, 0.717) is 60.2 Å². The van der Waals surface area contributed by atoms with Gasteiger partial charge in [-0.05, 0) is 196 Å². The van der Waals surface area contributed by atoms with Gasteiger partial charge in [0.15, 0.2) is 22.9 Å². The van der Waals surface area contributed by atoms with Crippen molar-refractivity contribution in [3.05, 3.63) is 224 Å². The summed E-state index contributed by atoms with van der Waals surface area (Å²) in [6.07, 6.45) is 20.2. The Morgan fingerprint density at radius 1 is 0.849 bits per heavy atom. The number of guanidine groups is 1. The van der Waals surface area contributed by atoms with Crippen LogP contribution in [0.2, 0.25) is 0 Å². The molecular weight excluding hydrogens is 1320 g/mol. The van der Waals surface area contributed by atoms with Gasteiger partial charge in [-0.15, -0.1) is 0 Å². The first-order valence-corrected chi connectivity index (χ1v) is 38.8. The van der Waals surface area contributed by atoms with E-state index in [1.54, 1.807) is 37.5 Å². The topological polar surface area (TPSA) is 214 Å². The number of methoxy groups -OCH3 is 1. The molecule has 14 heteroatoms. The number of benzene rings is 8. The van der Waals surface area contributed by atoms with Crippen molar-refractivity contribution in [2.45, 2.75) is 125 Å².